The molecule has 1 aliphatic heterocycles. The third-order valence-corrected chi connectivity index (χ3v) is 4.07. The molecule has 0 saturated carbocycles. The number of methoxy groups -OCH3 is 1. The Hall–Kier alpha value is -2.69. The van der Waals surface area contributed by atoms with E-state index in [1.165, 1.54) is 0 Å². The van der Waals surface area contributed by atoms with Gasteiger partial charge in [0.05, 0.1) is 13.2 Å². The Morgan fingerprint density at radius 2 is 1.88 bits per heavy atom. The number of carbonyl (C=O) groups is 1. The minimum atomic E-state index is -0.143. The average molecular weight is 327 g/mol. The summed E-state index contributed by atoms with van der Waals surface area (Å²) < 4.78 is 16.3. The first-order valence-electron chi connectivity index (χ1n) is 7.93. The molecule has 0 aliphatic carbocycles. The summed E-state index contributed by atoms with van der Waals surface area (Å²) in [6.45, 7) is 4.97. The van der Waals surface area contributed by atoms with Crippen LogP contribution in [0.2, 0.25) is 0 Å². The van der Waals surface area contributed by atoms with Gasteiger partial charge in [-0.05, 0) is 55.3 Å². The molecule has 1 aliphatic rings. The molecule has 0 radical (unpaired) electrons. The van der Waals surface area contributed by atoms with Crippen molar-refractivity contribution < 1.29 is 19.0 Å². The fraction of sp³-hybridized carbons (Fsp3) is 0.316. The van der Waals surface area contributed by atoms with Crippen molar-refractivity contribution >= 4 is 5.91 Å². The second-order valence-electron chi connectivity index (χ2n) is 5.78. The van der Waals surface area contributed by atoms with Crippen molar-refractivity contribution in [2.45, 2.75) is 19.9 Å². The van der Waals surface area contributed by atoms with Crippen LogP contribution < -0.4 is 19.5 Å². The Kier molecular flexibility index (Phi) is 4.60. The highest BCUT2D eigenvalue weighted by atomic mass is 16.6. The van der Waals surface area contributed by atoms with Gasteiger partial charge in [-0.3, -0.25) is 4.79 Å². The first-order chi connectivity index (χ1) is 11.6. The van der Waals surface area contributed by atoms with Crippen LogP contribution in [0.1, 0.15) is 34.5 Å². The molecule has 0 spiro atoms. The number of carbonyl (C=O) groups excluding carboxylic acids is 1. The van der Waals surface area contributed by atoms with Crippen LogP contribution in [0.5, 0.6) is 17.2 Å². The van der Waals surface area contributed by atoms with Crippen LogP contribution in [-0.2, 0) is 0 Å². The molecule has 1 atom stereocenters. The number of ether oxygens (including phenoxy) is 3. The third kappa shape index (κ3) is 3.30. The normalized spacial score (nSPS) is 14.0. The van der Waals surface area contributed by atoms with E-state index >= 15 is 0 Å². The van der Waals surface area contributed by atoms with Crippen molar-refractivity contribution in [1.29, 1.82) is 0 Å². The number of aryl methyl sites for hydroxylation is 1. The molecule has 1 N–H and O–H groups in total. The lowest BCUT2D eigenvalue weighted by Crippen LogP contribution is -2.27. The van der Waals surface area contributed by atoms with E-state index in [0.717, 1.165) is 28.4 Å². The minimum absolute atomic E-state index is 0.122. The van der Waals surface area contributed by atoms with Gasteiger partial charge >= 0.3 is 0 Å². The molecule has 0 saturated heterocycles. The fourth-order valence-electron chi connectivity index (χ4n) is 2.71. The van der Waals surface area contributed by atoms with Gasteiger partial charge in [-0.15, -0.1) is 0 Å². The lowest BCUT2D eigenvalue weighted by atomic mass is 10.1. The van der Waals surface area contributed by atoms with E-state index < -0.39 is 0 Å². The molecule has 3 rings (SSSR count). The molecule has 0 aromatic heterocycles. The number of amides is 1. The number of nitrogens with one attached hydrogen (secondary N) is 1. The van der Waals surface area contributed by atoms with Gasteiger partial charge in [0.2, 0.25) is 0 Å². The lowest BCUT2D eigenvalue weighted by Gasteiger charge is -2.21. The molecule has 2 aromatic carbocycles. The Morgan fingerprint density at radius 3 is 2.58 bits per heavy atom. The van der Waals surface area contributed by atoms with Crippen LogP contribution in [0.15, 0.2) is 36.4 Å². The molecule has 1 amide bonds. The lowest BCUT2D eigenvalue weighted by molar-refractivity contribution is 0.0939. The number of rotatable bonds is 4. The Bertz CT molecular complexity index is 757. The van der Waals surface area contributed by atoms with Gasteiger partial charge in [-0.2, -0.15) is 0 Å². The van der Waals surface area contributed by atoms with Crippen LogP contribution in [0.3, 0.4) is 0 Å². The smallest absolute Gasteiger partial charge is 0.251 e. The monoisotopic (exact) mass is 327 g/mol. The number of hydrogen-bond acceptors (Lipinski definition) is 4. The van der Waals surface area contributed by atoms with E-state index in [1.54, 1.807) is 19.2 Å². The predicted octanol–water partition coefficient (Wildman–Crippen LogP) is 3.27. The van der Waals surface area contributed by atoms with E-state index in [-0.39, 0.29) is 11.9 Å². The van der Waals surface area contributed by atoms with E-state index in [0.29, 0.717) is 18.8 Å². The van der Waals surface area contributed by atoms with Gasteiger partial charge in [-0.25, -0.2) is 0 Å². The van der Waals surface area contributed by atoms with Gasteiger partial charge in [0, 0.05) is 5.56 Å². The highest BCUT2D eigenvalue weighted by molar-refractivity contribution is 5.94. The summed E-state index contributed by atoms with van der Waals surface area (Å²) in [7, 11) is 1.62. The topological polar surface area (TPSA) is 56.8 Å². The second-order valence-corrected chi connectivity index (χ2v) is 5.78. The molecular weight excluding hydrogens is 306 g/mol. The molecule has 126 valence electrons. The first kappa shape index (κ1) is 16.2. The average Bonchev–Trinajstić information content (AvgIpc) is 2.61. The van der Waals surface area contributed by atoms with Crippen molar-refractivity contribution in [2.24, 2.45) is 0 Å². The Labute approximate surface area is 141 Å². The van der Waals surface area contributed by atoms with Gasteiger partial charge in [0.25, 0.3) is 5.91 Å². The van der Waals surface area contributed by atoms with Crippen LogP contribution >= 0.6 is 0 Å². The molecule has 5 nitrogen and oxygen atoms in total. The summed E-state index contributed by atoms with van der Waals surface area (Å²) in [5.41, 5.74) is 2.51. The van der Waals surface area contributed by atoms with Gasteiger partial charge in [0.15, 0.2) is 11.5 Å². The van der Waals surface area contributed by atoms with Crippen molar-refractivity contribution in [3.05, 3.63) is 53.1 Å². The van der Waals surface area contributed by atoms with Gasteiger partial charge in [0.1, 0.15) is 19.0 Å². The maximum Gasteiger partial charge on any atom is 0.251 e. The van der Waals surface area contributed by atoms with Crippen molar-refractivity contribution in [3.63, 3.8) is 0 Å². The zero-order valence-corrected chi connectivity index (χ0v) is 14.1. The fourth-order valence-corrected chi connectivity index (χ4v) is 2.71. The number of fused-ring (bicyclic) bond motifs is 1. The minimum Gasteiger partial charge on any atom is -0.496 e. The van der Waals surface area contributed by atoms with Crippen LogP contribution in [0, 0.1) is 6.92 Å². The van der Waals surface area contributed by atoms with Gasteiger partial charge < -0.3 is 19.5 Å². The molecule has 2 aromatic rings. The van der Waals surface area contributed by atoms with Crippen molar-refractivity contribution in [2.75, 3.05) is 20.3 Å². The molecule has 0 unspecified atom stereocenters. The van der Waals surface area contributed by atoms with Crippen LogP contribution in [-0.4, -0.2) is 26.2 Å². The van der Waals surface area contributed by atoms with Crippen LogP contribution in [0.25, 0.3) is 0 Å². The molecule has 5 heteroatoms. The molecule has 0 bridgehead atoms. The molecule has 1 heterocycles. The Balaban J connectivity index is 1.73. The highest BCUT2D eigenvalue weighted by Gasteiger charge is 2.17. The number of hydrogen-bond donors (Lipinski definition) is 1. The second kappa shape index (κ2) is 6.83. The largest absolute Gasteiger partial charge is 0.496 e. The zero-order chi connectivity index (χ0) is 17.1. The van der Waals surface area contributed by atoms with Crippen molar-refractivity contribution in [3.8, 4) is 17.2 Å². The first-order valence-corrected chi connectivity index (χ1v) is 7.93. The summed E-state index contributed by atoms with van der Waals surface area (Å²) in [6, 6.07) is 11.0. The summed E-state index contributed by atoms with van der Waals surface area (Å²) in [5, 5.41) is 3.01. The predicted molar refractivity (Wildman–Crippen MR) is 91.0 cm³/mol. The van der Waals surface area contributed by atoms with E-state index in [1.807, 2.05) is 38.1 Å². The maximum atomic E-state index is 12.5. The van der Waals surface area contributed by atoms with Crippen molar-refractivity contribution in [1.82, 2.24) is 5.32 Å². The molecular formula is C19H21NO4. The summed E-state index contributed by atoms with van der Waals surface area (Å²) in [4.78, 5) is 12.5. The van der Waals surface area contributed by atoms with E-state index in [9.17, 15) is 4.79 Å². The Morgan fingerprint density at radius 1 is 1.12 bits per heavy atom. The molecule has 24 heavy (non-hydrogen) atoms. The molecule has 0 fully saturated rings. The highest BCUT2D eigenvalue weighted by Crippen LogP contribution is 2.32. The summed E-state index contributed by atoms with van der Waals surface area (Å²) >= 11 is 0. The standard InChI is InChI=1S/C19H21NO4/c1-12-10-15(5-6-16(12)22-3)19(21)20-13(2)14-4-7-17-18(11-14)24-9-8-23-17/h4-7,10-11,13H,8-9H2,1-3H3,(H,20,21)/t13-/m1/s1. The SMILES string of the molecule is COc1ccc(C(=O)N[C@H](C)c2ccc3c(c2)OCCO3)cc1C. The van der Waals surface area contributed by atoms with Crippen LogP contribution in [0.4, 0.5) is 0 Å². The zero-order valence-electron chi connectivity index (χ0n) is 14.1. The number of benzene rings is 2. The van der Waals surface area contributed by atoms with Gasteiger partial charge in [-0.1, -0.05) is 6.07 Å². The van der Waals surface area contributed by atoms with E-state index in [4.69, 9.17) is 14.2 Å². The maximum absolute atomic E-state index is 12.5. The quantitative estimate of drug-likeness (QED) is 0.936. The summed E-state index contributed by atoms with van der Waals surface area (Å²) in [5.74, 6) is 2.11. The summed E-state index contributed by atoms with van der Waals surface area (Å²) in [6.07, 6.45) is 0. The third-order valence-electron chi connectivity index (χ3n) is 4.07. The van der Waals surface area contributed by atoms with E-state index in [2.05, 4.69) is 5.32 Å².